The summed E-state index contributed by atoms with van der Waals surface area (Å²) < 4.78 is 8.72. The fraction of sp³-hybridized carbons (Fsp3) is 0.263. The molecule has 0 aliphatic carbocycles. The molecule has 27 heavy (non-hydrogen) atoms. The van der Waals surface area contributed by atoms with Gasteiger partial charge in [0.1, 0.15) is 11.5 Å². The highest BCUT2D eigenvalue weighted by molar-refractivity contribution is 6.40. The topological polar surface area (TPSA) is 49.0 Å². The van der Waals surface area contributed by atoms with Crippen molar-refractivity contribution in [2.45, 2.75) is 27.7 Å². The number of ether oxygens (including phenoxy) is 1. The maximum atomic E-state index is 12.4. The van der Waals surface area contributed by atoms with Crippen molar-refractivity contribution >= 4 is 40.8 Å². The van der Waals surface area contributed by atoms with Crippen LogP contribution in [0.15, 0.2) is 24.3 Å². The van der Waals surface area contributed by atoms with Gasteiger partial charge in [-0.2, -0.15) is 5.10 Å². The van der Waals surface area contributed by atoms with Crippen LogP contribution in [0.2, 0.25) is 15.1 Å². The first-order chi connectivity index (χ1) is 12.8. The minimum Gasteiger partial charge on any atom is -0.461 e. The molecule has 0 fully saturated rings. The molecule has 0 spiro atoms. The molecule has 0 atom stereocenters. The smallest absolute Gasteiger partial charge is 0.359 e. The Balaban J connectivity index is 2.37. The quantitative estimate of drug-likeness (QED) is 0.501. The molecule has 2 aromatic heterocycles. The van der Waals surface area contributed by atoms with E-state index in [-0.39, 0.29) is 12.3 Å². The number of hydrogen-bond acceptors (Lipinski definition) is 3. The molecule has 5 nitrogen and oxygen atoms in total. The Hall–Kier alpha value is -1.95. The van der Waals surface area contributed by atoms with Crippen LogP contribution in [-0.4, -0.2) is 26.9 Å². The maximum Gasteiger partial charge on any atom is 0.359 e. The van der Waals surface area contributed by atoms with E-state index in [4.69, 9.17) is 39.5 Å². The zero-order chi connectivity index (χ0) is 19.9. The van der Waals surface area contributed by atoms with E-state index >= 15 is 0 Å². The number of rotatable bonds is 4. The average Bonchev–Trinajstić information content (AvgIpc) is 3.07. The standard InChI is InChI=1S/C19H18Cl3N3O2/c1-5-27-19(26)16-12(4)18(24-10(2)6-7-11(24)3)25(23-16)17-14(21)8-13(20)9-15(17)22/h6-9H,5H2,1-4H3. The zero-order valence-electron chi connectivity index (χ0n) is 15.3. The van der Waals surface area contributed by atoms with Crippen molar-refractivity contribution in [1.82, 2.24) is 14.3 Å². The highest BCUT2D eigenvalue weighted by Crippen LogP contribution is 2.35. The van der Waals surface area contributed by atoms with Crippen molar-refractivity contribution in [3.05, 3.63) is 62.0 Å². The van der Waals surface area contributed by atoms with E-state index in [0.29, 0.717) is 32.1 Å². The predicted octanol–water partition coefficient (Wildman–Crippen LogP) is 5.73. The van der Waals surface area contributed by atoms with E-state index in [1.54, 1.807) is 23.7 Å². The Morgan fingerprint density at radius 1 is 1.07 bits per heavy atom. The van der Waals surface area contributed by atoms with Gasteiger partial charge in [0.2, 0.25) is 0 Å². The second kappa shape index (κ2) is 7.58. The molecule has 0 saturated heterocycles. The molecule has 0 aliphatic heterocycles. The van der Waals surface area contributed by atoms with Gasteiger partial charge in [-0.1, -0.05) is 34.8 Å². The molecule has 0 bridgehead atoms. The van der Waals surface area contributed by atoms with Crippen molar-refractivity contribution < 1.29 is 9.53 Å². The van der Waals surface area contributed by atoms with Crippen LogP contribution in [0.4, 0.5) is 0 Å². The van der Waals surface area contributed by atoms with Gasteiger partial charge in [0, 0.05) is 22.0 Å². The Bertz CT molecular complexity index is 995. The number of halogens is 3. The van der Waals surface area contributed by atoms with E-state index in [9.17, 15) is 4.79 Å². The normalized spacial score (nSPS) is 11.1. The lowest BCUT2D eigenvalue weighted by Gasteiger charge is -2.16. The summed E-state index contributed by atoms with van der Waals surface area (Å²) in [6, 6.07) is 7.15. The summed E-state index contributed by atoms with van der Waals surface area (Å²) in [4.78, 5) is 12.4. The van der Waals surface area contributed by atoms with Crippen molar-refractivity contribution in [3.8, 4) is 11.5 Å². The van der Waals surface area contributed by atoms with Gasteiger partial charge in [-0.25, -0.2) is 9.48 Å². The highest BCUT2D eigenvalue weighted by Gasteiger charge is 2.26. The number of benzene rings is 1. The van der Waals surface area contributed by atoms with Gasteiger partial charge in [0.05, 0.1) is 16.7 Å². The Kier molecular flexibility index (Phi) is 5.56. The summed E-state index contributed by atoms with van der Waals surface area (Å²) in [7, 11) is 0. The molecule has 0 saturated carbocycles. The van der Waals surface area contributed by atoms with Crippen molar-refractivity contribution in [2.75, 3.05) is 6.61 Å². The van der Waals surface area contributed by atoms with E-state index < -0.39 is 5.97 Å². The molecule has 0 amide bonds. The van der Waals surface area contributed by atoms with Gasteiger partial charge >= 0.3 is 5.97 Å². The molecule has 3 rings (SSSR count). The van der Waals surface area contributed by atoms with Crippen LogP contribution < -0.4 is 0 Å². The average molecular weight is 427 g/mol. The SMILES string of the molecule is CCOC(=O)c1nn(-c2c(Cl)cc(Cl)cc2Cl)c(-n2c(C)ccc2C)c1C. The van der Waals surface area contributed by atoms with Gasteiger partial charge in [0.15, 0.2) is 5.69 Å². The third-order valence-electron chi connectivity index (χ3n) is 4.24. The molecule has 0 aliphatic rings. The fourth-order valence-electron chi connectivity index (χ4n) is 3.04. The number of aryl methyl sites for hydroxylation is 2. The lowest BCUT2D eigenvalue weighted by atomic mass is 10.2. The third-order valence-corrected chi connectivity index (χ3v) is 5.03. The van der Waals surface area contributed by atoms with Crippen LogP contribution in [0.3, 0.4) is 0 Å². The summed E-state index contributed by atoms with van der Waals surface area (Å²) in [5.41, 5.74) is 3.28. The largest absolute Gasteiger partial charge is 0.461 e. The Labute approximate surface area is 172 Å². The lowest BCUT2D eigenvalue weighted by Crippen LogP contribution is -2.10. The summed E-state index contributed by atoms with van der Waals surface area (Å²) in [5.74, 6) is 0.169. The monoisotopic (exact) mass is 425 g/mol. The van der Waals surface area contributed by atoms with E-state index in [1.807, 2.05) is 37.5 Å². The molecular weight excluding hydrogens is 409 g/mol. The summed E-state index contributed by atoms with van der Waals surface area (Å²) in [5, 5.41) is 5.57. The first-order valence-electron chi connectivity index (χ1n) is 8.33. The summed E-state index contributed by atoms with van der Waals surface area (Å²) >= 11 is 18.9. The van der Waals surface area contributed by atoms with Crippen LogP contribution in [0.5, 0.6) is 0 Å². The van der Waals surface area contributed by atoms with Gasteiger partial charge in [-0.3, -0.25) is 0 Å². The van der Waals surface area contributed by atoms with Gasteiger partial charge in [0.25, 0.3) is 0 Å². The van der Waals surface area contributed by atoms with E-state index in [0.717, 1.165) is 11.4 Å². The molecular formula is C19H18Cl3N3O2. The minimum absolute atomic E-state index is 0.210. The number of carbonyl (C=O) groups excluding carboxylic acids is 1. The number of hydrogen-bond donors (Lipinski definition) is 0. The first-order valence-corrected chi connectivity index (χ1v) is 9.46. The maximum absolute atomic E-state index is 12.4. The van der Waals surface area contributed by atoms with Crippen LogP contribution in [0.25, 0.3) is 11.5 Å². The van der Waals surface area contributed by atoms with Crippen LogP contribution in [0.1, 0.15) is 34.4 Å². The molecule has 3 aromatic rings. The number of carbonyl (C=O) groups is 1. The summed E-state index contributed by atoms with van der Waals surface area (Å²) in [6.45, 7) is 7.77. The predicted molar refractivity (Wildman–Crippen MR) is 108 cm³/mol. The third kappa shape index (κ3) is 3.47. The van der Waals surface area contributed by atoms with Crippen LogP contribution >= 0.6 is 34.8 Å². The first kappa shape index (κ1) is 19.8. The molecule has 142 valence electrons. The van der Waals surface area contributed by atoms with Crippen LogP contribution in [-0.2, 0) is 4.74 Å². The number of nitrogens with zero attached hydrogens (tertiary/aromatic N) is 3. The van der Waals surface area contributed by atoms with Gasteiger partial charge < -0.3 is 9.30 Å². The highest BCUT2D eigenvalue weighted by atomic mass is 35.5. The molecule has 1 aromatic carbocycles. The van der Waals surface area contributed by atoms with Crippen molar-refractivity contribution in [3.63, 3.8) is 0 Å². The Morgan fingerprint density at radius 2 is 1.63 bits per heavy atom. The number of esters is 1. The second-order valence-corrected chi connectivity index (χ2v) is 7.35. The zero-order valence-corrected chi connectivity index (χ0v) is 17.6. The Morgan fingerprint density at radius 3 is 2.15 bits per heavy atom. The molecule has 8 heteroatoms. The van der Waals surface area contributed by atoms with E-state index in [2.05, 4.69) is 5.10 Å². The number of aromatic nitrogens is 3. The van der Waals surface area contributed by atoms with Crippen LogP contribution in [0, 0.1) is 20.8 Å². The molecule has 0 unspecified atom stereocenters. The lowest BCUT2D eigenvalue weighted by molar-refractivity contribution is 0.0518. The summed E-state index contributed by atoms with van der Waals surface area (Å²) in [6.07, 6.45) is 0. The van der Waals surface area contributed by atoms with Crippen molar-refractivity contribution in [2.24, 2.45) is 0 Å². The fourth-order valence-corrected chi connectivity index (χ4v) is 4.02. The molecule has 0 radical (unpaired) electrons. The minimum atomic E-state index is -0.501. The second-order valence-electron chi connectivity index (χ2n) is 6.10. The molecule has 2 heterocycles. The van der Waals surface area contributed by atoms with Crippen molar-refractivity contribution in [1.29, 1.82) is 0 Å². The van der Waals surface area contributed by atoms with Gasteiger partial charge in [-0.05, 0) is 52.0 Å². The van der Waals surface area contributed by atoms with Gasteiger partial charge in [-0.15, -0.1) is 0 Å². The van der Waals surface area contributed by atoms with E-state index in [1.165, 1.54) is 0 Å². The molecule has 0 N–H and O–H groups in total.